The number of hydrogen-bond acceptors (Lipinski definition) is 5. The van der Waals surface area contributed by atoms with Crippen LogP contribution in [0.2, 0.25) is 0 Å². The fourth-order valence-corrected chi connectivity index (χ4v) is 5.87. The normalized spacial score (nSPS) is 24.1. The first kappa shape index (κ1) is 17.5. The molecule has 0 radical (unpaired) electrons. The van der Waals surface area contributed by atoms with Crippen LogP contribution in [0.3, 0.4) is 0 Å². The number of carbonyl (C=O) groups is 1. The summed E-state index contributed by atoms with van der Waals surface area (Å²) in [6.07, 6.45) is 2.42. The molecule has 0 saturated carbocycles. The van der Waals surface area contributed by atoms with Crippen LogP contribution in [0.25, 0.3) is 10.9 Å². The van der Waals surface area contributed by atoms with Crippen molar-refractivity contribution in [3.8, 4) is 0 Å². The monoisotopic (exact) mass is 376 g/mol. The second kappa shape index (κ2) is 6.66. The van der Waals surface area contributed by atoms with Crippen LogP contribution in [0.1, 0.15) is 29.8 Å². The number of fused-ring (bicyclic) bond motifs is 1. The van der Waals surface area contributed by atoms with Gasteiger partial charge in [0.05, 0.1) is 17.0 Å². The lowest BCUT2D eigenvalue weighted by Gasteiger charge is -2.35. The third kappa shape index (κ3) is 3.35. The summed E-state index contributed by atoms with van der Waals surface area (Å²) in [5.41, 5.74) is 1.40. The van der Waals surface area contributed by atoms with Crippen molar-refractivity contribution in [2.24, 2.45) is 7.05 Å². The van der Waals surface area contributed by atoms with Crippen molar-refractivity contribution in [2.45, 2.75) is 31.3 Å². The van der Waals surface area contributed by atoms with Gasteiger partial charge in [-0.3, -0.25) is 14.4 Å². The second-order valence-electron chi connectivity index (χ2n) is 7.33. The first-order valence-electron chi connectivity index (χ1n) is 9.10. The Morgan fingerprint density at radius 1 is 1.19 bits per heavy atom. The van der Waals surface area contributed by atoms with E-state index in [0.717, 1.165) is 43.3 Å². The predicted octanol–water partition coefficient (Wildman–Crippen LogP) is 0.955. The SMILES string of the molecule is Cn1nc(C(=O)NC2CCN([C@@H]3CCS(=O)(=O)C3)CC2)c2ccccc21. The van der Waals surface area contributed by atoms with E-state index in [1.807, 2.05) is 31.3 Å². The fourth-order valence-electron chi connectivity index (χ4n) is 4.11. The van der Waals surface area contributed by atoms with E-state index in [1.165, 1.54) is 0 Å². The Kier molecular flexibility index (Phi) is 4.48. The molecule has 1 atom stereocenters. The van der Waals surface area contributed by atoms with E-state index in [-0.39, 0.29) is 23.7 Å². The standard InChI is InChI=1S/C18H24N4O3S/c1-21-16-5-3-2-4-15(16)17(20-21)18(23)19-13-6-9-22(10-7-13)14-8-11-26(24,25)12-14/h2-5,13-14H,6-12H2,1H3,(H,19,23)/t14-/m1/s1. The predicted molar refractivity (Wildman–Crippen MR) is 99.8 cm³/mol. The molecule has 4 rings (SSSR count). The van der Waals surface area contributed by atoms with Crippen LogP contribution < -0.4 is 5.32 Å². The van der Waals surface area contributed by atoms with Gasteiger partial charge in [-0.2, -0.15) is 5.10 Å². The zero-order valence-electron chi connectivity index (χ0n) is 14.9. The fraction of sp³-hybridized carbons (Fsp3) is 0.556. The first-order valence-corrected chi connectivity index (χ1v) is 10.9. The average molecular weight is 376 g/mol. The quantitative estimate of drug-likeness (QED) is 0.862. The number of piperidine rings is 1. The van der Waals surface area contributed by atoms with E-state index >= 15 is 0 Å². The summed E-state index contributed by atoms with van der Waals surface area (Å²) in [4.78, 5) is 15.0. The lowest BCUT2D eigenvalue weighted by atomic mass is 10.0. The number of carbonyl (C=O) groups excluding carboxylic acids is 1. The molecule has 8 heteroatoms. The third-order valence-corrected chi connectivity index (χ3v) is 7.31. The minimum absolute atomic E-state index is 0.109. The summed E-state index contributed by atoms with van der Waals surface area (Å²) in [7, 11) is -1.01. The number of likely N-dealkylation sites (tertiary alicyclic amines) is 1. The molecule has 2 saturated heterocycles. The van der Waals surface area contributed by atoms with Crippen molar-refractivity contribution >= 4 is 26.6 Å². The zero-order valence-corrected chi connectivity index (χ0v) is 15.7. The van der Waals surface area contributed by atoms with Gasteiger partial charge in [-0.15, -0.1) is 0 Å². The molecule has 1 amide bonds. The van der Waals surface area contributed by atoms with E-state index in [4.69, 9.17) is 0 Å². The molecule has 0 unspecified atom stereocenters. The Balaban J connectivity index is 1.38. The Bertz CT molecular complexity index is 929. The van der Waals surface area contributed by atoms with Crippen molar-refractivity contribution < 1.29 is 13.2 Å². The Hall–Kier alpha value is -1.93. The van der Waals surface area contributed by atoms with E-state index in [0.29, 0.717) is 11.4 Å². The molecule has 0 aliphatic carbocycles. The van der Waals surface area contributed by atoms with Crippen LogP contribution >= 0.6 is 0 Å². The molecular weight excluding hydrogens is 352 g/mol. The van der Waals surface area contributed by atoms with Gasteiger partial charge in [-0.1, -0.05) is 18.2 Å². The maximum Gasteiger partial charge on any atom is 0.272 e. The molecule has 0 spiro atoms. The number of aromatic nitrogens is 2. The number of nitrogens with zero attached hydrogens (tertiary/aromatic N) is 3. The van der Waals surface area contributed by atoms with Crippen LogP contribution in [-0.2, 0) is 16.9 Å². The summed E-state index contributed by atoms with van der Waals surface area (Å²) in [5.74, 6) is 0.453. The van der Waals surface area contributed by atoms with Crippen molar-refractivity contribution in [1.29, 1.82) is 0 Å². The van der Waals surface area contributed by atoms with Gasteiger partial charge in [0.15, 0.2) is 15.5 Å². The molecule has 1 N–H and O–H groups in total. The number of sulfone groups is 1. The Labute approximate surface area is 153 Å². The Morgan fingerprint density at radius 2 is 1.92 bits per heavy atom. The number of rotatable bonds is 3. The van der Waals surface area contributed by atoms with Gasteiger partial charge in [0, 0.05) is 37.6 Å². The Morgan fingerprint density at radius 3 is 2.62 bits per heavy atom. The minimum Gasteiger partial charge on any atom is -0.348 e. The van der Waals surface area contributed by atoms with Gasteiger partial charge in [0.1, 0.15) is 0 Å². The molecule has 0 bridgehead atoms. The van der Waals surface area contributed by atoms with E-state index in [1.54, 1.807) is 4.68 Å². The highest BCUT2D eigenvalue weighted by Crippen LogP contribution is 2.22. The first-order chi connectivity index (χ1) is 12.4. The maximum absolute atomic E-state index is 12.7. The van der Waals surface area contributed by atoms with E-state index < -0.39 is 9.84 Å². The molecule has 26 heavy (non-hydrogen) atoms. The highest BCUT2D eigenvalue weighted by Gasteiger charge is 2.34. The summed E-state index contributed by atoms with van der Waals surface area (Å²) in [6, 6.07) is 7.97. The number of hydrogen-bond donors (Lipinski definition) is 1. The molecule has 7 nitrogen and oxygen atoms in total. The van der Waals surface area contributed by atoms with Crippen LogP contribution in [0.4, 0.5) is 0 Å². The van der Waals surface area contributed by atoms with Gasteiger partial charge in [0.2, 0.25) is 0 Å². The number of benzene rings is 1. The van der Waals surface area contributed by atoms with Crippen LogP contribution in [0.5, 0.6) is 0 Å². The van der Waals surface area contributed by atoms with Gasteiger partial charge < -0.3 is 5.32 Å². The number of nitrogens with one attached hydrogen (secondary N) is 1. The summed E-state index contributed by atoms with van der Waals surface area (Å²) in [5, 5.41) is 8.35. The highest BCUT2D eigenvalue weighted by atomic mass is 32.2. The van der Waals surface area contributed by atoms with Gasteiger partial charge in [-0.25, -0.2) is 8.42 Å². The molecule has 140 valence electrons. The zero-order chi connectivity index (χ0) is 18.3. The molecule has 1 aromatic heterocycles. The van der Waals surface area contributed by atoms with Crippen molar-refractivity contribution in [2.75, 3.05) is 24.6 Å². The van der Waals surface area contributed by atoms with Crippen LogP contribution in [0, 0.1) is 0 Å². The summed E-state index contributed by atoms with van der Waals surface area (Å²) < 4.78 is 25.1. The van der Waals surface area contributed by atoms with Crippen LogP contribution in [-0.4, -0.2) is 65.7 Å². The van der Waals surface area contributed by atoms with Crippen molar-refractivity contribution in [3.63, 3.8) is 0 Å². The molecule has 3 heterocycles. The van der Waals surface area contributed by atoms with Gasteiger partial charge in [0.25, 0.3) is 5.91 Å². The summed E-state index contributed by atoms with van der Waals surface area (Å²) >= 11 is 0. The van der Waals surface area contributed by atoms with Gasteiger partial charge in [-0.05, 0) is 25.3 Å². The average Bonchev–Trinajstić information content (AvgIpc) is 3.16. The molecule has 2 aliphatic heterocycles. The minimum atomic E-state index is -2.85. The smallest absolute Gasteiger partial charge is 0.272 e. The number of aryl methyl sites for hydroxylation is 1. The summed E-state index contributed by atoms with van der Waals surface area (Å²) in [6.45, 7) is 1.65. The lowest BCUT2D eigenvalue weighted by Crippen LogP contribution is -2.48. The maximum atomic E-state index is 12.7. The molecule has 2 fully saturated rings. The van der Waals surface area contributed by atoms with Crippen LogP contribution in [0.15, 0.2) is 24.3 Å². The third-order valence-electron chi connectivity index (χ3n) is 5.56. The molecule has 2 aromatic rings. The second-order valence-corrected chi connectivity index (χ2v) is 9.56. The largest absolute Gasteiger partial charge is 0.348 e. The molecule has 2 aliphatic rings. The lowest BCUT2D eigenvalue weighted by molar-refractivity contribution is 0.0894. The topological polar surface area (TPSA) is 84.3 Å². The molecule has 1 aromatic carbocycles. The highest BCUT2D eigenvalue weighted by molar-refractivity contribution is 7.91. The van der Waals surface area contributed by atoms with Gasteiger partial charge >= 0.3 is 0 Å². The number of amides is 1. The molecular formula is C18H24N4O3S. The van der Waals surface area contributed by atoms with Crippen molar-refractivity contribution in [3.05, 3.63) is 30.0 Å². The van der Waals surface area contributed by atoms with E-state index in [9.17, 15) is 13.2 Å². The van der Waals surface area contributed by atoms with E-state index in [2.05, 4.69) is 15.3 Å². The number of para-hydroxylation sites is 1. The van der Waals surface area contributed by atoms with Crippen molar-refractivity contribution in [1.82, 2.24) is 20.0 Å².